The Morgan fingerprint density at radius 1 is 1.43 bits per heavy atom. The molecule has 2 amide bonds. The molecular weight excluding hydrogens is 314 g/mol. The lowest BCUT2D eigenvalue weighted by atomic mass is 10.1. The van der Waals surface area contributed by atoms with Crippen molar-refractivity contribution in [2.75, 3.05) is 38.6 Å². The smallest absolute Gasteiger partial charge is 0.227 e. The molecule has 1 aromatic carbocycles. The first kappa shape index (κ1) is 17.8. The van der Waals surface area contributed by atoms with E-state index in [-0.39, 0.29) is 24.2 Å². The molecule has 1 fully saturated rings. The molecule has 0 aromatic heterocycles. The Balaban J connectivity index is 1.91. The predicted molar refractivity (Wildman–Crippen MR) is 92.0 cm³/mol. The van der Waals surface area contributed by atoms with Crippen LogP contribution in [-0.4, -0.2) is 45.5 Å². The fourth-order valence-corrected chi connectivity index (χ4v) is 2.86. The number of halogens is 1. The summed E-state index contributed by atoms with van der Waals surface area (Å²) in [5.41, 5.74) is 1.73. The third-order valence-electron chi connectivity index (χ3n) is 4.12. The van der Waals surface area contributed by atoms with Crippen molar-refractivity contribution in [3.05, 3.63) is 28.8 Å². The molecule has 1 aliphatic heterocycles. The zero-order valence-corrected chi connectivity index (χ0v) is 14.7. The van der Waals surface area contributed by atoms with Crippen molar-refractivity contribution in [3.8, 4) is 0 Å². The van der Waals surface area contributed by atoms with Gasteiger partial charge in [0.2, 0.25) is 11.8 Å². The first-order valence-electron chi connectivity index (χ1n) is 8.01. The summed E-state index contributed by atoms with van der Waals surface area (Å²) in [4.78, 5) is 27.4. The van der Waals surface area contributed by atoms with E-state index >= 15 is 0 Å². The van der Waals surface area contributed by atoms with Crippen molar-refractivity contribution in [1.82, 2.24) is 5.32 Å². The van der Waals surface area contributed by atoms with Gasteiger partial charge in [-0.1, -0.05) is 17.7 Å². The molecule has 2 rings (SSSR count). The first-order valence-corrected chi connectivity index (χ1v) is 8.39. The topological polar surface area (TPSA) is 53.9 Å². The summed E-state index contributed by atoms with van der Waals surface area (Å²) in [6.07, 6.45) is 1.20. The number of rotatable bonds is 6. The van der Waals surface area contributed by atoms with Gasteiger partial charge in [0.1, 0.15) is 0 Å². The number of nitrogens with one attached hydrogen (secondary N) is 2. The van der Waals surface area contributed by atoms with Crippen LogP contribution in [0.2, 0.25) is 5.02 Å². The van der Waals surface area contributed by atoms with Gasteiger partial charge in [0, 0.05) is 36.6 Å². The Hall–Kier alpha value is -1.59. The van der Waals surface area contributed by atoms with Crippen molar-refractivity contribution < 1.29 is 14.5 Å². The molecule has 6 heteroatoms. The van der Waals surface area contributed by atoms with Crippen LogP contribution < -0.4 is 15.1 Å². The number of hydrogen-bond acceptors (Lipinski definition) is 2. The highest BCUT2D eigenvalue weighted by Crippen LogP contribution is 2.28. The number of hydrogen-bond donors (Lipinski definition) is 2. The Labute approximate surface area is 142 Å². The molecule has 1 aliphatic rings. The first-order chi connectivity index (χ1) is 10.9. The molecule has 0 radical (unpaired) electrons. The van der Waals surface area contributed by atoms with Gasteiger partial charge in [-0.25, -0.2) is 0 Å². The van der Waals surface area contributed by atoms with Gasteiger partial charge in [-0.15, -0.1) is 0 Å². The van der Waals surface area contributed by atoms with Crippen molar-refractivity contribution >= 4 is 29.1 Å². The molecule has 126 valence electrons. The number of nitrogens with zero attached hydrogens (tertiary/aromatic N) is 1. The molecule has 0 bridgehead atoms. The molecule has 5 nitrogen and oxygen atoms in total. The van der Waals surface area contributed by atoms with Gasteiger partial charge < -0.3 is 15.1 Å². The highest BCUT2D eigenvalue weighted by Gasteiger charge is 2.35. The highest BCUT2D eigenvalue weighted by atomic mass is 35.5. The Bertz CT molecular complexity index is 589. The van der Waals surface area contributed by atoms with E-state index in [0.717, 1.165) is 24.2 Å². The van der Waals surface area contributed by atoms with Crippen molar-refractivity contribution in [2.45, 2.75) is 19.8 Å². The van der Waals surface area contributed by atoms with Gasteiger partial charge in [-0.3, -0.25) is 9.59 Å². The van der Waals surface area contributed by atoms with E-state index in [1.807, 2.05) is 19.1 Å². The summed E-state index contributed by atoms with van der Waals surface area (Å²) in [7, 11) is 4.17. The van der Waals surface area contributed by atoms with Gasteiger partial charge in [0.25, 0.3) is 0 Å². The Morgan fingerprint density at radius 2 is 2.17 bits per heavy atom. The number of carbonyl (C=O) groups is 2. The van der Waals surface area contributed by atoms with Gasteiger partial charge >= 0.3 is 0 Å². The van der Waals surface area contributed by atoms with Crippen molar-refractivity contribution in [1.29, 1.82) is 0 Å². The summed E-state index contributed by atoms with van der Waals surface area (Å²) in [6, 6.07) is 5.55. The molecule has 1 saturated heterocycles. The summed E-state index contributed by atoms with van der Waals surface area (Å²) in [5.74, 6) is -0.343. The van der Waals surface area contributed by atoms with Crippen molar-refractivity contribution in [3.63, 3.8) is 0 Å². The fourth-order valence-electron chi connectivity index (χ4n) is 2.68. The largest absolute Gasteiger partial charge is 0.356 e. The summed E-state index contributed by atoms with van der Waals surface area (Å²) in [5, 5.41) is 3.57. The van der Waals surface area contributed by atoms with E-state index in [4.69, 9.17) is 11.6 Å². The van der Waals surface area contributed by atoms with E-state index in [9.17, 15) is 9.59 Å². The van der Waals surface area contributed by atoms with E-state index in [0.29, 0.717) is 18.1 Å². The lowest BCUT2D eigenvalue weighted by molar-refractivity contribution is -0.858. The maximum atomic E-state index is 12.2. The van der Waals surface area contributed by atoms with Crippen LogP contribution in [0.1, 0.15) is 18.4 Å². The molecule has 1 aromatic rings. The average molecular weight is 339 g/mol. The van der Waals surface area contributed by atoms with Crippen LogP contribution in [0.15, 0.2) is 18.2 Å². The highest BCUT2D eigenvalue weighted by molar-refractivity contribution is 6.31. The quantitative estimate of drug-likeness (QED) is 0.748. The molecule has 0 saturated carbocycles. The number of benzene rings is 1. The minimum absolute atomic E-state index is 0.0252. The fraction of sp³-hybridized carbons (Fsp3) is 0.529. The standard InChI is InChI=1S/C17H24ClN3O2/c1-12-5-6-14(10-15(12)18)21-11-13(9-16(21)22)17(23)19-7-4-8-20(2)3/h5-6,10,13H,4,7-9,11H2,1-3H3,(H,19,23)/p+1/t13-/m0/s1. The number of amides is 2. The Morgan fingerprint density at radius 3 is 2.83 bits per heavy atom. The second kappa shape index (κ2) is 7.79. The average Bonchev–Trinajstić information content (AvgIpc) is 2.88. The normalized spacial score (nSPS) is 17.9. The molecule has 1 heterocycles. The molecule has 0 spiro atoms. The minimum Gasteiger partial charge on any atom is -0.356 e. The monoisotopic (exact) mass is 338 g/mol. The van der Waals surface area contributed by atoms with Crippen LogP contribution in [-0.2, 0) is 9.59 Å². The van der Waals surface area contributed by atoms with Crippen molar-refractivity contribution in [2.24, 2.45) is 5.92 Å². The van der Waals surface area contributed by atoms with Crippen LogP contribution in [0, 0.1) is 12.8 Å². The molecule has 0 unspecified atom stereocenters. The van der Waals surface area contributed by atoms with Crippen LogP contribution in [0.3, 0.4) is 0 Å². The van der Waals surface area contributed by atoms with E-state index < -0.39 is 0 Å². The number of anilines is 1. The van der Waals surface area contributed by atoms with Gasteiger partial charge in [-0.2, -0.15) is 0 Å². The van der Waals surface area contributed by atoms with Crippen LogP contribution in [0.5, 0.6) is 0 Å². The zero-order chi connectivity index (χ0) is 17.0. The third kappa shape index (κ3) is 4.69. The van der Waals surface area contributed by atoms with E-state index in [2.05, 4.69) is 19.4 Å². The SMILES string of the molecule is Cc1ccc(N2C[C@@H](C(=O)NCCC[NH+](C)C)CC2=O)cc1Cl. The van der Waals surface area contributed by atoms with Gasteiger partial charge in [0.15, 0.2) is 0 Å². The number of quaternary nitrogens is 1. The molecule has 23 heavy (non-hydrogen) atoms. The summed E-state index contributed by atoms with van der Waals surface area (Å²) in [6.45, 7) is 4.01. The second-order valence-corrected chi connectivity index (χ2v) is 6.85. The Kier molecular flexibility index (Phi) is 6.02. The molecule has 0 aliphatic carbocycles. The minimum atomic E-state index is -0.283. The van der Waals surface area contributed by atoms with Crippen LogP contribution in [0.4, 0.5) is 5.69 Å². The number of aryl methyl sites for hydroxylation is 1. The maximum Gasteiger partial charge on any atom is 0.227 e. The van der Waals surface area contributed by atoms with Gasteiger partial charge in [0.05, 0.1) is 26.6 Å². The van der Waals surface area contributed by atoms with E-state index in [1.165, 1.54) is 4.90 Å². The summed E-state index contributed by atoms with van der Waals surface area (Å²) >= 11 is 6.13. The van der Waals surface area contributed by atoms with Crippen LogP contribution >= 0.6 is 11.6 Å². The molecule has 1 atom stereocenters. The van der Waals surface area contributed by atoms with Crippen LogP contribution in [0.25, 0.3) is 0 Å². The number of carbonyl (C=O) groups excluding carboxylic acids is 2. The third-order valence-corrected chi connectivity index (χ3v) is 4.52. The second-order valence-electron chi connectivity index (χ2n) is 6.44. The molecule has 2 N–H and O–H groups in total. The maximum absolute atomic E-state index is 12.2. The lowest BCUT2D eigenvalue weighted by Crippen LogP contribution is -3.05. The predicted octanol–water partition coefficient (Wildman–Crippen LogP) is 0.652. The van der Waals surface area contributed by atoms with Gasteiger partial charge in [-0.05, 0) is 24.6 Å². The molecular formula is C17H25ClN3O2+. The lowest BCUT2D eigenvalue weighted by Gasteiger charge is -2.17. The summed E-state index contributed by atoms with van der Waals surface area (Å²) < 4.78 is 0. The van der Waals surface area contributed by atoms with E-state index in [1.54, 1.807) is 11.0 Å². The zero-order valence-electron chi connectivity index (χ0n) is 14.0.